The Hall–Kier alpha value is -2.67. The van der Waals surface area contributed by atoms with Gasteiger partial charge in [0.2, 0.25) is 5.88 Å². The number of allylic oxidation sites excluding steroid dienone is 2. The first-order chi connectivity index (χ1) is 19.4. The van der Waals surface area contributed by atoms with Gasteiger partial charge in [-0.25, -0.2) is 9.37 Å². The van der Waals surface area contributed by atoms with Crippen molar-refractivity contribution in [1.29, 1.82) is 5.26 Å². The Bertz CT molecular complexity index is 1270. The van der Waals surface area contributed by atoms with Crippen LogP contribution in [0.15, 0.2) is 29.6 Å². The molecule has 1 spiro atoms. The van der Waals surface area contributed by atoms with E-state index < -0.39 is 11.8 Å². The largest absolute Gasteiger partial charge is 0.507 e. The van der Waals surface area contributed by atoms with E-state index in [9.17, 15) is 14.8 Å². The van der Waals surface area contributed by atoms with Gasteiger partial charge < -0.3 is 24.2 Å². The number of fused-ring (bicyclic) bond motifs is 4. The molecule has 1 saturated carbocycles. The monoisotopic (exact) mass is 550 g/mol. The van der Waals surface area contributed by atoms with Crippen LogP contribution in [0, 0.1) is 29.1 Å². The van der Waals surface area contributed by atoms with Gasteiger partial charge >= 0.3 is 0 Å². The fourth-order valence-electron chi connectivity index (χ4n) is 8.43. The zero-order valence-electron chi connectivity index (χ0n) is 23.3. The predicted octanol–water partition coefficient (Wildman–Crippen LogP) is 4.60. The van der Waals surface area contributed by atoms with Gasteiger partial charge in [0, 0.05) is 43.5 Å². The van der Waals surface area contributed by atoms with Crippen molar-refractivity contribution in [2.24, 2.45) is 17.8 Å². The highest BCUT2D eigenvalue weighted by Gasteiger charge is 2.54. The standard InChI is InChI=1S/C31H39FN4O4/c1-20-6-8-31(29-22(20)4-5-27(37)23(29)15-33)14-25-24(17-40-31)26(35-9-3-11-38-19-35)12-28(34-25)39-18-30-7-2-10-36(30)16-21(32)13-30/h4-5,12,20-22,29,37H,2-3,6-11,13-14,16-19H2,1H3. The molecular formula is C31H39FN4O4. The molecule has 0 aromatic carbocycles. The number of nitrogens with zero attached hydrogens (tertiary/aromatic N) is 4. The van der Waals surface area contributed by atoms with Gasteiger partial charge in [-0.05, 0) is 56.6 Å². The molecule has 3 saturated heterocycles. The summed E-state index contributed by atoms with van der Waals surface area (Å²) in [7, 11) is 0. The van der Waals surface area contributed by atoms with Crippen molar-refractivity contribution in [3.63, 3.8) is 0 Å². The van der Waals surface area contributed by atoms with Crippen LogP contribution in [-0.2, 0) is 22.5 Å². The van der Waals surface area contributed by atoms with E-state index in [1.165, 1.54) is 0 Å². The number of halogens is 1. The van der Waals surface area contributed by atoms with Gasteiger partial charge in [-0.1, -0.05) is 13.0 Å². The Morgan fingerprint density at radius 1 is 1.30 bits per heavy atom. The van der Waals surface area contributed by atoms with Gasteiger partial charge in [0.15, 0.2) is 0 Å². The van der Waals surface area contributed by atoms with Crippen molar-refractivity contribution < 1.29 is 23.7 Å². The third kappa shape index (κ3) is 4.22. The number of alkyl halides is 1. The van der Waals surface area contributed by atoms with Crippen LogP contribution in [0.3, 0.4) is 0 Å². The van der Waals surface area contributed by atoms with Crippen molar-refractivity contribution >= 4 is 5.69 Å². The highest BCUT2D eigenvalue weighted by Crippen LogP contribution is 2.53. The normalized spacial score (nSPS) is 37.3. The second kappa shape index (κ2) is 10.0. The minimum atomic E-state index is -0.802. The number of anilines is 1. The Balaban J connectivity index is 1.24. The van der Waals surface area contributed by atoms with Gasteiger partial charge in [-0.2, -0.15) is 5.26 Å². The molecule has 214 valence electrons. The third-order valence-corrected chi connectivity index (χ3v) is 10.5. The molecule has 8 nitrogen and oxygen atoms in total. The van der Waals surface area contributed by atoms with Crippen LogP contribution in [0.5, 0.6) is 5.88 Å². The molecule has 6 atom stereocenters. The van der Waals surface area contributed by atoms with Crippen LogP contribution < -0.4 is 9.64 Å². The number of nitriles is 1. The number of ether oxygens (including phenoxy) is 3. The molecule has 0 radical (unpaired) electrons. The molecule has 6 unspecified atom stereocenters. The lowest BCUT2D eigenvalue weighted by molar-refractivity contribution is -0.136. The molecule has 6 aliphatic rings. The lowest BCUT2D eigenvalue weighted by Gasteiger charge is -2.52. The molecule has 1 N–H and O–H groups in total. The molecule has 5 heterocycles. The Morgan fingerprint density at radius 3 is 3.02 bits per heavy atom. The molecule has 1 aromatic rings. The Kier molecular flexibility index (Phi) is 6.56. The Labute approximate surface area is 235 Å². The van der Waals surface area contributed by atoms with Crippen LogP contribution in [-0.4, -0.2) is 71.9 Å². The van der Waals surface area contributed by atoms with Gasteiger partial charge in [0.25, 0.3) is 0 Å². The smallest absolute Gasteiger partial charge is 0.215 e. The van der Waals surface area contributed by atoms with Gasteiger partial charge in [-0.15, -0.1) is 0 Å². The van der Waals surface area contributed by atoms with E-state index in [-0.39, 0.29) is 23.1 Å². The van der Waals surface area contributed by atoms with Crippen LogP contribution in [0.2, 0.25) is 0 Å². The molecule has 0 amide bonds. The third-order valence-electron chi connectivity index (χ3n) is 10.5. The molecule has 2 aliphatic carbocycles. The van der Waals surface area contributed by atoms with E-state index in [0.29, 0.717) is 56.7 Å². The molecule has 0 bridgehead atoms. The molecule has 4 fully saturated rings. The number of rotatable bonds is 4. The molecule has 9 heteroatoms. The van der Waals surface area contributed by atoms with E-state index in [4.69, 9.17) is 19.2 Å². The summed E-state index contributed by atoms with van der Waals surface area (Å²) in [5.41, 5.74) is 2.54. The Morgan fingerprint density at radius 2 is 2.20 bits per heavy atom. The average Bonchev–Trinajstić information content (AvgIpc) is 3.49. The lowest BCUT2D eigenvalue weighted by Crippen LogP contribution is -2.54. The number of aromatic nitrogens is 1. The summed E-state index contributed by atoms with van der Waals surface area (Å²) < 4.78 is 33.5. The summed E-state index contributed by atoms with van der Waals surface area (Å²) in [5, 5.41) is 20.7. The zero-order valence-corrected chi connectivity index (χ0v) is 23.3. The highest BCUT2D eigenvalue weighted by molar-refractivity contribution is 5.58. The van der Waals surface area contributed by atoms with Gasteiger partial charge in [0.1, 0.15) is 25.3 Å². The quantitative estimate of drug-likeness (QED) is 0.582. The first-order valence-electron chi connectivity index (χ1n) is 14.9. The first-order valence-corrected chi connectivity index (χ1v) is 14.9. The van der Waals surface area contributed by atoms with Crippen LogP contribution in [0.1, 0.15) is 56.7 Å². The summed E-state index contributed by atoms with van der Waals surface area (Å²) in [5.74, 6) is 0.891. The van der Waals surface area contributed by atoms with Crippen LogP contribution in [0.25, 0.3) is 0 Å². The predicted molar refractivity (Wildman–Crippen MR) is 147 cm³/mol. The second-order valence-corrected chi connectivity index (χ2v) is 12.8. The van der Waals surface area contributed by atoms with E-state index >= 15 is 0 Å². The number of aliphatic hydroxyl groups is 1. The van der Waals surface area contributed by atoms with Crippen LogP contribution in [0.4, 0.5) is 10.1 Å². The van der Waals surface area contributed by atoms with Crippen molar-refractivity contribution in [1.82, 2.24) is 9.88 Å². The number of hydrogen-bond acceptors (Lipinski definition) is 8. The summed E-state index contributed by atoms with van der Waals surface area (Å²) in [6, 6.07) is 4.32. The molecule has 4 aliphatic heterocycles. The number of pyridine rings is 1. The number of aliphatic hydroxyl groups excluding tert-OH is 1. The average molecular weight is 551 g/mol. The molecule has 1 aromatic heterocycles. The van der Waals surface area contributed by atoms with Crippen LogP contribution >= 0.6 is 0 Å². The maximum absolute atomic E-state index is 14.4. The fraction of sp³-hybridized carbons (Fsp3) is 0.677. The summed E-state index contributed by atoms with van der Waals surface area (Å²) >= 11 is 0. The van der Waals surface area contributed by atoms with Gasteiger partial charge in [0.05, 0.1) is 47.4 Å². The van der Waals surface area contributed by atoms with E-state index in [2.05, 4.69) is 28.9 Å². The van der Waals surface area contributed by atoms with Crippen molar-refractivity contribution in [3.05, 3.63) is 40.8 Å². The SMILES string of the molecule is CC1CCC2(Cc3nc(OCC45CCCN4CC(F)C5)cc(N4CCCOC4)c3CO2)C2C(C#N)=C(O)C=CC12. The van der Waals surface area contributed by atoms with E-state index in [1.807, 2.05) is 6.07 Å². The van der Waals surface area contributed by atoms with E-state index in [1.54, 1.807) is 6.08 Å². The second-order valence-electron chi connectivity index (χ2n) is 12.8. The highest BCUT2D eigenvalue weighted by atomic mass is 19.1. The maximum Gasteiger partial charge on any atom is 0.215 e. The lowest BCUT2D eigenvalue weighted by atomic mass is 9.58. The zero-order chi connectivity index (χ0) is 27.5. The minimum absolute atomic E-state index is 0.0472. The maximum atomic E-state index is 14.4. The van der Waals surface area contributed by atoms with Crippen molar-refractivity contribution in [2.75, 3.05) is 44.5 Å². The van der Waals surface area contributed by atoms with Gasteiger partial charge in [-0.3, -0.25) is 4.90 Å². The fourth-order valence-corrected chi connectivity index (χ4v) is 8.43. The number of hydrogen-bond donors (Lipinski definition) is 1. The van der Waals surface area contributed by atoms with Crippen molar-refractivity contribution in [2.45, 2.75) is 75.8 Å². The summed E-state index contributed by atoms with van der Waals surface area (Å²) in [4.78, 5) is 9.57. The van der Waals surface area contributed by atoms with E-state index in [0.717, 1.165) is 68.7 Å². The topological polar surface area (TPSA) is 91.1 Å². The molecular weight excluding hydrogens is 511 g/mol. The minimum Gasteiger partial charge on any atom is -0.507 e. The summed E-state index contributed by atoms with van der Waals surface area (Å²) in [6.07, 6.45) is 8.74. The first kappa shape index (κ1) is 26.2. The summed E-state index contributed by atoms with van der Waals surface area (Å²) in [6.45, 7) is 6.59. The van der Waals surface area contributed by atoms with Crippen molar-refractivity contribution in [3.8, 4) is 11.9 Å². The molecule has 40 heavy (non-hydrogen) atoms. The molecule has 7 rings (SSSR count).